The third kappa shape index (κ3) is 6.32. The maximum atomic E-state index is 12.7. The molecule has 1 N–H and O–H groups in total. The molecule has 1 atom stereocenters. The van der Waals surface area contributed by atoms with Gasteiger partial charge in [-0.15, -0.1) is 0 Å². The Morgan fingerprint density at radius 1 is 0.971 bits per heavy atom. The molecule has 2 fully saturated rings. The number of benzene rings is 1. The van der Waals surface area contributed by atoms with Gasteiger partial charge in [-0.05, 0) is 87.1 Å². The average molecular weight is 513 g/mol. The summed E-state index contributed by atoms with van der Waals surface area (Å²) >= 11 is 0. The second-order valence-corrected chi connectivity index (χ2v) is 13.8. The fourth-order valence-electron chi connectivity index (χ4n) is 5.72. The van der Waals surface area contributed by atoms with Gasteiger partial charge in [0.1, 0.15) is 0 Å². The topological polar surface area (TPSA) is 90.0 Å². The van der Waals surface area contributed by atoms with Crippen molar-refractivity contribution < 1.29 is 16.8 Å². The van der Waals surface area contributed by atoms with Gasteiger partial charge in [0.2, 0.25) is 10.0 Å². The van der Waals surface area contributed by atoms with Crippen LogP contribution in [0.4, 0.5) is 5.69 Å². The van der Waals surface area contributed by atoms with E-state index in [1.165, 1.54) is 21.7 Å². The highest BCUT2D eigenvalue weighted by Gasteiger charge is 2.30. The van der Waals surface area contributed by atoms with E-state index < -0.39 is 20.2 Å². The van der Waals surface area contributed by atoms with Crippen molar-refractivity contribution in [3.05, 3.63) is 29.3 Å². The van der Waals surface area contributed by atoms with Gasteiger partial charge < -0.3 is 0 Å². The van der Waals surface area contributed by atoms with E-state index in [0.717, 1.165) is 64.5 Å². The predicted octanol–water partition coefficient (Wildman–Crippen LogP) is 2.68. The minimum absolute atomic E-state index is 0.436. The van der Waals surface area contributed by atoms with Crippen molar-refractivity contribution in [1.29, 1.82) is 0 Å². The molecule has 8 nitrogen and oxygen atoms in total. The van der Waals surface area contributed by atoms with E-state index >= 15 is 0 Å². The average Bonchev–Trinajstić information content (AvgIpc) is 3.34. The summed E-state index contributed by atoms with van der Waals surface area (Å²) in [6.07, 6.45) is 9.10. The van der Waals surface area contributed by atoms with Crippen LogP contribution in [0.3, 0.4) is 0 Å². The van der Waals surface area contributed by atoms with E-state index in [0.29, 0.717) is 43.8 Å². The van der Waals surface area contributed by atoms with Gasteiger partial charge in [0.15, 0.2) is 0 Å². The summed E-state index contributed by atoms with van der Waals surface area (Å²) in [7, 11) is -6.58. The smallest absolute Gasteiger partial charge is 0.300 e. The fraction of sp³-hybridized carbons (Fsp3) is 0.750. The van der Waals surface area contributed by atoms with Crippen molar-refractivity contribution in [3.8, 4) is 0 Å². The van der Waals surface area contributed by atoms with Crippen LogP contribution in [0.1, 0.15) is 56.6 Å². The van der Waals surface area contributed by atoms with E-state index in [-0.39, 0.29) is 0 Å². The Bertz CT molecular complexity index is 1050. The quantitative estimate of drug-likeness (QED) is 0.550. The minimum atomic E-state index is -3.49. The van der Waals surface area contributed by atoms with Gasteiger partial charge in [0.25, 0.3) is 0 Å². The summed E-state index contributed by atoms with van der Waals surface area (Å²) in [5, 5.41) is 0. The van der Waals surface area contributed by atoms with Crippen molar-refractivity contribution in [3.63, 3.8) is 0 Å². The molecule has 192 valence electrons. The fourth-order valence-corrected chi connectivity index (χ4v) is 7.89. The third-order valence-corrected chi connectivity index (χ3v) is 10.5. The number of nitrogens with one attached hydrogen (secondary N) is 1. The normalized spacial score (nSPS) is 23.3. The van der Waals surface area contributed by atoms with Crippen LogP contribution in [-0.2, 0) is 33.1 Å². The first-order chi connectivity index (χ1) is 16.2. The molecule has 2 saturated heterocycles. The van der Waals surface area contributed by atoms with Gasteiger partial charge in [-0.2, -0.15) is 12.7 Å². The van der Waals surface area contributed by atoms with E-state index in [1.54, 1.807) is 4.31 Å². The second-order valence-electron chi connectivity index (χ2n) is 10.2. The molecule has 0 saturated carbocycles. The number of piperidine rings is 1. The van der Waals surface area contributed by atoms with Crippen molar-refractivity contribution in [1.82, 2.24) is 13.5 Å². The molecule has 0 aromatic heterocycles. The molecule has 34 heavy (non-hydrogen) atoms. The van der Waals surface area contributed by atoms with Crippen molar-refractivity contribution in [2.24, 2.45) is 5.92 Å². The maximum absolute atomic E-state index is 12.7. The van der Waals surface area contributed by atoms with Gasteiger partial charge >= 0.3 is 10.2 Å². The molecule has 3 aliphatic rings. The molecule has 4 rings (SSSR count). The first-order valence-corrected chi connectivity index (χ1v) is 16.0. The Hall–Kier alpha value is -1.20. The van der Waals surface area contributed by atoms with Gasteiger partial charge in [0, 0.05) is 38.8 Å². The zero-order chi connectivity index (χ0) is 24.3. The summed E-state index contributed by atoms with van der Waals surface area (Å²) in [5.74, 6) is 0.518. The van der Waals surface area contributed by atoms with Crippen LogP contribution in [-0.4, -0.2) is 81.9 Å². The molecule has 0 amide bonds. The first-order valence-electron chi connectivity index (χ1n) is 12.7. The van der Waals surface area contributed by atoms with Crippen LogP contribution < -0.4 is 4.72 Å². The van der Waals surface area contributed by atoms with Crippen LogP contribution in [0.5, 0.6) is 0 Å². The molecule has 2 aliphatic heterocycles. The Morgan fingerprint density at radius 3 is 2.32 bits per heavy atom. The Kier molecular flexibility index (Phi) is 8.24. The van der Waals surface area contributed by atoms with Crippen molar-refractivity contribution in [2.45, 2.75) is 64.3 Å². The van der Waals surface area contributed by atoms with Gasteiger partial charge in [-0.25, -0.2) is 12.7 Å². The number of sulfonamides is 1. The summed E-state index contributed by atoms with van der Waals surface area (Å²) in [5.41, 5.74) is 3.21. The number of rotatable bonds is 9. The van der Waals surface area contributed by atoms with Gasteiger partial charge in [-0.1, -0.05) is 13.0 Å². The molecule has 0 bridgehead atoms. The lowest BCUT2D eigenvalue weighted by atomic mass is 9.86. The summed E-state index contributed by atoms with van der Waals surface area (Å²) in [6, 6.07) is 6.44. The zero-order valence-electron chi connectivity index (χ0n) is 20.6. The number of aryl methyl sites for hydroxylation is 1. The van der Waals surface area contributed by atoms with Crippen LogP contribution in [0.2, 0.25) is 0 Å². The zero-order valence-corrected chi connectivity index (χ0v) is 22.2. The Balaban J connectivity index is 1.40. The molecule has 2 heterocycles. The standard InChI is InChI=1S/C24H40N4O4S2/c1-3-12-26(19-20-10-15-27(16-11-20)33(2,29)30)24-9-7-21-6-8-23(17-22(21)18-24)25-34(31,32)28-13-4-5-14-28/h6,8,17,20,24-25H,3-5,7,9-16,18-19H2,1-2H3. The lowest BCUT2D eigenvalue weighted by Crippen LogP contribution is -2.45. The van der Waals surface area contributed by atoms with Gasteiger partial charge in [-0.3, -0.25) is 9.62 Å². The van der Waals surface area contributed by atoms with Crippen molar-refractivity contribution >= 4 is 25.9 Å². The maximum Gasteiger partial charge on any atom is 0.301 e. The first kappa shape index (κ1) is 25.9. The summed E-state index contributed by atoms with van der Waals surface area (Å²) < 4.78 is 55.0. The molecule has 0 spiro atoms. The minimum Gasteiger partial charge on any atom is -0.300 e. The highest BCUT2D eigenvalue weighted by atomic mass is 32.2. The van der Waals surface area contributed by atoms with E-state index in [2.05, 4.69) is 22.6 Å². The molecule has 1 aliphatic carbocycles. The number of hydrogen-bond donors (Lipinski definition) is 1. The Labute approximate surface area is 205 Å². The van der Waals surface area contributed by atoms with Crippen LogP contribution in [0.15, 0.2) is 18.2 Å². The second kappa shape index (κ2) is 10.8. The molecule has 10 heteroatoms. The molecule has 1 aromatic carbocycles. The lowest BCUT2D eigenvalue weighted by molar-refractivity contribution is 0.129. The monoisotopic (exact) mass is 512 g/mol. The number of fused-ring (bicyclic) bond motifs is 1. The molecular weight excluding hydrogens is 472 g/mol. The lowest BCUT2D eigenvalue weighted by Gasteiger charge is -2.39. The SMILES string of the molecule is CCCN(CC1CCN(S(C)(=O)=O)CC1)C1CCc2ccc(NS(=O)(=O)N3CCCC3)cc2C1. The summed E-state index contributed by atoms with van der Waals surface area (Å²) in [6.45, 7) is 6.69. The van der Waals surface area contributed by atoms with E-state index in [1.807, 2.05) is 12.1 Å². The molecular formula is C24H40N4O4S2. The number of anilines is 1. The molecule has 1 unspecified atom stereocenters. The van der Waals surface area contributed by atoms with Crippen LogP contribution in [0.25, 0.3) is 0 Å². The van der Waals surface area contributed by atoms with Gasteiger partial charge in [0.05, 0.1) is 11.9 Å². The highest BCUT2D eigenvalue weighted by molar-refractivity contribution is 7.90. The van der Waals surface area contributed by atoms with Crippen molar-refractivity contribution in [2.75, 3.05) is 50.2 Å². The highest BCUT2D eigenvalue weighted by Crippen LogP contribution is 2.30. The third-order valence-electron chi connectivity index (χ3n) is 7.62. The largest absolute Gasteiger partial charge is 0.301 e. The molecule has 1 aromatic rings. The summed E-state index contributed by atoms with van der Waals surface area (Å²) in [4.78, 5) is 2.60. The van der Waals surface area contributed by atoms with Crippen LogP contribution >= 0.6 is 0 Å². The van der Waals surface area contributed by atoms with E-state index in [9.17, 15) is 16.8 Å². The molecule has 0 radical (unpaired) electrons. The Morgan fingerprint density at radius 2 is 1.68 bits per heavy atom. The van der Waals surface area contributed by atoms with E-state index in [4.69, 9.17) is 0 Å². The predicted molar refractivity (Wildman–Crippen MR) is 137 cm³/mol. The number of hydrogen-bond acceptors (Lipinski definition) is 5. The van der Waals surface area contributed by atoms with Crippen LogP contribution in [0, 0.1) is 5.92 Å². The number of nitrogens with zero attached hydrogens (tertiary/aromatic N) is 3.